The number of nitrogens with zero attached hydrogens (tertiary/aromatic N) is 3. The number of nitro groups is 1. The normalized spacial score (nSPS) is 10.7. The van der Waals surface area contributed by atoms with Gasteiger partial charge in [0.05, 0.1) is 4.92 Å². The maximum Gasteiger partial charge on any atom is 0.289 e. The Hall–Kier alpha value is -2.20. The first-order chi connectivity index (χ1) is 7.89. The molecular weight excluding hydrogens is 222 g/mol. The predicted octanol–water partition coefficient (Wildman–Crippen LogP) is 1.01. The summed E-state index contributed by atoms with van der Waals surface area (Å²) in [7, 11) is 0. The summed E-state index contributed by atoms with van der Waals surface area (Å²) >= 11 is 0. The van der Waals surface area contributed by atoms with Crippen molar-refractivity contribution < 1.29 is 4.92 Å². The summed E-state index contributed by atoms with van der Waals surface area (Å²) in [6, 6.07) is 3.05. The number of hydrogen-bond acceptors (Lipinski definition) is 6. The molecule has 0 bridgehead atoms. The van der Waals surface area contributed by atoms with Gasteiger partial charge < -0.3 is 11.1 Å². The van der Waals surface area contributed by atoms with Crippen molar-refractivity contribution in [3.05, 3.63) is 27.9 Å². The second-order valence-corrected chi connectivity index (χ2v) is 4.17. The van der Waals surface area contributed by atoms with Crippen molar-refractivity contribution in [3.63, 3.8) is 0 Å². The third-order valence-corrected chi connectivity index (χ3v) is 2.17. The van der Waals surface area contributed by atoms with Crippen LogP contribution in [0.5, 0.6) is 0 Å². The molecule has 0 aliphatic rings. The van der Waals surface area contributed by atoms with Gasteiger partial charge in [0.1, 0.15) is 23.6 Å². The highest BCUT2D eigenvalue weighted by atomic mass is 16.6. The number of hydrogen-bond donors (Lipinski definition) is 2. The van der Waals surface area contributed by atoms with E-state index in [1.54, 1.807) is 0 Å². The SMILES string of the molecule is CC(C)(CN)Nc1ncc([N+](=O)[O-])cc1C#N. The highest BCUT2D eigenvalue weighted by Crippen LogP contribution is 2.20. The Kier molecular flexibility index (Phi) is 3.60. The van der Waals surface area contributed by atoms with Gasteiger partial charge in [0, 0.05) is 18.2 Å². The lowest BCUT2D eigenvalue weighted by Crippen LogP contribution is -2.39. The van der Waals surface area contributed by atoms with E-state index in [0.717, 1.165) is 6.20 Å². The highest BCUT2D eigenvalue weighted by Gasteiger charge is 2.19. The first kappa shape index (κ1) is 12.9. The average molecular weight is 235 g/mol. The molecule has 1 rings (SSSR count). The van der Waals surface area contributed by atoms with Crippen molar-refractivity contribution in [3.8, 4) is 6.07 Å². The fraction of sp³-hybridized carbons (Fsp3) is 0.400. The molecule has 0 saturated heterocycles. The summed E-state index contributed by atoms with van der Waals surface area (Å²) in [6.07, 6.45) is 1.11. The van der Waals surface area contributed by atoms with Crippen molar-refractivity contribution >= 4 is 11.5 Å². The van der Waals surface area contributed by atoms with Gasteiger partial charge in [-0.15, -0.1) is 0 Å². The van der Waals surface area contributed by atoms with Crippen LogP contribution < -0.4 is 11.1 Å². The lowest BCUT2D eigenvalue weighted by Gasteiger charge is -2.25. The number of pyridine rings is 1. The Morgan fingerprint density at radius 2 is 2.35 bits per heavy atom. The molecule has 1 heterocycles. The summed E-state index contributed by atoms with van der Waals surface area (Å²) in [5.41, 5.74) is 5.02. The van der Waals surface area contributed by atoms with E-state index >= 15 is 0 Å². The third-order valence-electron chi connectivity index (χ3n) is 2.17. The van der Waals surface area contributed by atoms with Gasteiger partial charge in [0.2, 0.25) is 0 Å². The Morgan fingerprint density at radius 3 is 2.82 bits per heavy atom. The summed E-state index contributed by atoms with van der Waals surface area (Å²) in [5, 5.41) is 22.4. The maximum atomic E-state index is 10.5. The van der Waals surface area contributed by atoms with E-state index in [9.17, 15) is 10.1 Å². The second-order valence-electron chi connectivity index (χ2n) is 4.17. The third kappa shape index (κ3) is 3.12. The molecule has 0 saturated carbocycles. The number of nitrogens with one attached hydrogen (secondary N) is 1. The van der Waals surface area contributed by atoms with Crippen LogP contribution in [0.15, 0.2) is 12.3 Å². The van der Waals surface area contributed by atoms with Gasteiger partial charge in [-0.1, -0.05) is 0 Å². The van der Waals surface area contributed by atoms with E-state index in [0.29, 0.717) is 12.4 Å². The molecule has 0 spiro atoms. The van der Waals surface area contributed by atoms with Crippen LogP contribution in [0.25, 0.3) is 0 Å². The van der Waals surface area contributed by atoms with Crippen molar-refractivity contribution in [1.29, 1.82) is 5.26 Å². The van der Waals surface area contributed by atoms with E-state index in [1.807, 2.05) is 19.9 Å². The van der Waals surface area contributed by atoms with Gasteiger partial charge in [-0.3, -0.25) is 10.1 Å². The molecule has 7 nitrogen and oxygen atoms in total. The molecular formula is C10H13N5O2. The lowest BCUT2D eigenvalue weighted by atomic mass is 10.1. The molecule has 0 aromatic carbocycles. The molecule has 90 valence electrons. The van der Waals surface area contributed by atoms with Crippen LogP contribution in [-0.4, -0.2) is 22.0 Å². The van der Waals surface area contributed by atoms with E-state index in [1.165, 1.54) is 6.07 Å². The van der Waals surface area contributed by atoms with Gasteiger partial charge in [0.25, 0.3) is 5.69 Å². The molecule has 0 aliphatic carbocycles. The van der Waals surface area contributed by atoms with Crippen LogP contribution in [-0.2, 0) is 0 Å². The number of nitriles is 1. The number of anilines is 1. The van der Waals surface area contributed by atoms with E-state index in [4.69, 9.17) is 11.0 Å². The first-order valence-electron chi connectivity index (χ1n) is 4.92. The maximum absolute atomic E-state index is 10.5. The Bertz CT molecular complexity index is 478. The zero-order chi connectivity index (χ0) is 13.1. The van der Waals surface area contributed by atoms with Gasteiger partial charge in [-0.05, 0) is 13.8 Å². The van der Waals surface area contributed by atoms with E-state index in [-0.39, 0.29) is 11.3 Å². The Balaban J connectivity index is 3.11. The molecule has 0 fully saturated rings. The van der Waals surface area contributed by atoms with Gasteiger partial charge in [0.15, 0.2) is 0 Å². The first-order valence-corrected chi connectivity index (χ1v) is 4.92. The zero-order valence-corrected chi connectivity index (χ0v) is 9.60. The number of nitrogens with two attached hydrogens (primary N) is 1. The van der Waals surface area contributed by atoms with Crippen molar-refractivity contribution in [2.75, 3.05) is 11.9 Å². The van der Waals surface area contributed by atoms with Crippen molar-refractivity contribution in [2.24, 2.45) is 5.73 Å². The quantitative estimate of drug-likeness (QED) is 0.594. The minimum absolute atomic E-state index is 0.126. The fourth-order valence-electron chi connectivity index (χ4n) is 1.11. The van der Waals surface area contributed by atoms with Crippen LogP contribution >= 0.6 is 0 Å². The topological polar surface area (TPSA) is 118 Å². The van der Waals surface area contributed by atoms with Crippen LogP contribution in [0, 0.1) is 21.4 Å². The summed E-state index contributed by atoms with van der Waals surface area (Å²) in [4.78, 5) is 13.8. The zero-order valence-electron chi connectivity index (χ0n) is 9.60. The second kappa shape index (κ2) is 4.76. The molecule has 1 aromatic heterocycles. The molecule has 0 aliphatic heterocycles. The smallest absolute Gasteiger partial charge is 0.289 e. The number of aromatic nitrogens is 1. The molecule has 0 unspecified atom stereocenters. The van der Waals surface area contributed by atoms with Crippen LogP contribution in [0.3, 0.4) is 0 Å². The van der Waals surface area contributed by atoms with Crippen LogP contribution in [0.1, 0.15) is 19.4 Å². The van der Waals surface area contributed by atoms with Crippen LogP contribution in [0.2, 0.25) is 0 Å². The lowest BCUT2D eigenvalue weighted by molar-refractivity contribution is -0.385. The molecule has 0 atom stereocenters. The molecule has 1 aromatic rings. The van der Waals surface area contributed by atoms with Gasteiger partial charge >= 0.3 is 0 Å². The minimum Gasteiger partial charge on any atom is -0.363 e. The fourth-order valence-corrected chi connectivity index (χ4v) is 1.11. The standard InChI is InChI=1S/C10H13N5O2/c1-10(2,6-12)14-9-7(4-11)3-8(5-13-9)15(16)17/h3,5H,6,12H2,1-2H3,(H,13,14). The van der Waals surface area contributed by atoms with Crippen molar-refractivity contribution in [2.45, 2.75) is 19.4 Å². The molecule has 3 N–H and O–H groups in total. The Labute approximate surface area is 98.4 Å². The monoisotopic (exact) mass is 235 g/mol. The summed E-state index contributed by atoms with van der Waals surface area (Å²) < 4.78 is 0. The average Bonchev–Trinajstić information content (AvgIpc) is 2.29. The predicted molar refractivity (Wildman–Crippen MR) is 62.4 cm³/mol. The summed E-state index contributed by atoms with van der Waals surface area (Å²) in [5.74, 6) is 0.300. The largest absolute Gasteiger partial charge is 0.363 e. The van der Waals surface area contributed by atoms with Gasteiger partial charge in [-0.2, -0.15) is 5.26 Å². The summed E-state index contributed by atoms with van der Waals surface area (Å²) in [6.45, 7) is 4.03. The van der Waals surface area contributed by atoms with Gasteiger partial charge in [-0.25, -0.2) is 4.98 Å². The molecule has 17 heavy (non-hydrogen) atoms. The Morgan fingerprint density at radius 1 is 1.71 bits per heavy atom. The highest BCUT2D eigenvalue weighted by molar-refractivity contribution is 5.56. The van der Waals surface area contributed by atoms with Crippen molar-refractivity contribution in [1.82, 2.24) is 4.98 Å². The number of rotatable bonds is 4. The molecule has 0 amide bonds. The van der Waals surface area contributed by atoms with E-state index in [2.05, 4.69) is 10.3 Å². The van der Waals surface area contributed by atoms with Crippen LogP contribution in [0.4, 0.5) is 11.5 Å². The molecule has 0 radical (unpaired) electrons. The molecule has 7 heteroatoms. The van der Waals surface area contributed by atoms with E-state index < -0.39 is 10.5 Å². The minimum atomic E-state index is -0.592.